The maximum atomic E-state index is 4.45. The maximum absolute atomic E-state index is 4.45. The third-order valence-corrected chi connectivity index (χ3v) is 3.77. The Labute approximate surface area is 104 Å². The molecule has 4 heteroatoms. The van der Waals surface area contributed by atoms with Crippen LogP contribution in [0.4, 0.5) is 0 Å². The summed E-state index contributed by atoms with van der Waals surface area (Å²) in [6, 6.07) is 2.75. The first kappa shape index (κ1) is 12.6. The zero-order valence-electron chi connectivity index (χ0n) is 11.2. The van der Waals surface area contributed by atoms with E-state index in [1.165, 1.54) is 12.1 Å². The van der Waals surface area contributed by atoms with Crippen molar-refractivity contribution in [2.75, 3.05) is 19.6 Å². The first-order valence-corrected chi connectivity index (χ1v) is 6.63. The smallest absolute Gasteiger partial charge is 0.0764 e. The first-order chi connectivity index (χ1) is 8.19. The van der Waals surface area contributed by atoms with Crippen LogP contribution in [-0.2, 0) is 13.6 Å². The largest absolute Gasteiger partial charge is 0.311 e. The van der Waals surface area contributed by atoms with Crippen molar-refractivity contribution in [2.45, 2.75) is 32.9 Å². The minimum absolute atomic E-state index is 0.637. The number of nitrogens with zero attached hydrogens (tertiary/aromatic N) is 3. The van der Waals surface area contributed by atoms with Gasteiger partial charge in [-0.3, -0.25) is 9.58 Å². The molecular formula is C13H24N4. The van der Waals surface area contributed by atoms with Crippen LogP contribution in [0, 0.1) is 5.92 Å². The molecule has 0 amide bonds. The summed E-state index contributed by atoms with van der Waals surface area (Å²) < 4.78 is 1.88. The lowest BCUT2D eigenvalue weighted by Crippen LogP contribution is -2.52. The summed E-state index contributed by atoms with van der Waals surface area (Å²) in [5.74, 6) is 0.751. The summed E-state index contributed by atoms with van der Waals surface area (Å²) in [6.07, 6.45) is 3.26. The van der Waals surface area contributed by atoms with E-state index >= 15 is 0 Å². The summed E-state index contributed by atoms with van der Waals surface area (Å²) in [4.78, 5) is 2.51. The van der Waals surface area contributed by atoms with Crippen molar-refractivity contribution in [3.05, 3.63) is 18.0 Å². The Morgan fingerprint density at radius 1 is 1.59 bits per heavy atom. The molecule has 1 saturated heterocycles. The summed E-state index contributed by atoms with van der Waals surface area (Å²) in [5.41, 5.74) is 1.18. The lowest BCUT2D eigenvalue weighted by molar-refractivity contribution is 0.160. The number of aryl methyl sites for hydroxylation is 1. The van der Waals surface area contributed by atoms with Crippen molar-refractivity contribution < 1.29 is 0 Å². The number of hydrogen-bond donors (Lipinski definition) is 1. The van der Waals surface area contributed by atoms with Crippen molar-refractivity contribution in [3.8, 4) is 0 Å². The zero-order valence-corrected chi connectivity index (χ0v) is 11.2. The van der Waals surface area contributed by atoms with Gasteiger partial charge >= 0.3 is 0 Å². The Bertz CT molecular complexity index is 347. The monoisotopic (exact) mass is 236 g/mol. The van der Waals surface area contributed by atoms with Gasteiger partial charge in [0.15, 0.2) is 0 Å². The summed E-state index contributed by atoms with van der Waals surface area (Å²) in [6.45, 7) is 8.96. The fraction of sp³-hybridized carbons (Fsp3) is 0.769. The second-order valence-electron chi connectivity index (χ2n) is 5.16. The molecule has 1 aliphatic heterocycles. The number of hydrogen-bond acceptors (Lipinski definition) is 3. The van der Waals surface area contributed by atoms with Crippen LogP contribution in [0.15, 0.2) is 12.3 Å². The van der Waals surface area contributed by atoms with E-state index in [0.29, 0.717) is 6.04 Å². The second-order valence-corrected chi connectivity index (χ2v) is 5.16. The van der Waals surface area contributed by atoms with Gasteiger partial charge in [0, 0.05) is 45.5 Å². The molecule has 4 nitrogen and oxygen atoms in total. The standard InChI is InChI=1S/C13H24N4/c1-4-11(2)13-10-17(8-6-14-13)9-12-5-7-16(3)15-12/h5,7,11,13-14H,4,6,8-10H2,1-3H3. The predicted octanol–water partition coefficient (Wildman–Crippen LogP) is 1.24. The van der Waals surface area contributed by atoms with E-state index in [-0.39, 0.29) is 0 Å². The average molecular weight is 236 g/mol. The molecule has 1 aliphatic rings. The Hall–Kier alpha value is -0.870. The molecule has 0 bridgehead atoms. The van der Waals surface area contributed by atoms with Crippen molar-refractivity contribution in [2.24, 2.45) is 13.0 Å². The van der Waals surface area contributed by atoms with Gasteiger partial charge in [-0.25, -0.2) is 0 Å². The molecule has 2 unspecified atom stereocenters. The fourth-order valence-electron chi connectivity index (χ4n) is 2.43. The molecule has 1 N–H and O–H groups in total. The second kappa shape index (κ2) is 5.65. The van der Waals surface area contributed by atoms with E-state index < -0.39 is 0 Å². The van der Waals surface area contributed by atoms with E-state index in [0.717, 1.165) is 32.1 Å². The zero-order chi connectivity index (χ0) is 12.3. The third-order valence-electron chi connectivity index (χ3n) is 3.77. The predicted molar refractivity (Wildman–Crippen MR) is 69.7 cm³/mol. The molecule has 17 heavy (non-hydrogen) atoms. The summed E-state index contributed by atoms with van der Waals surface area (Å²) in [5, 5.41) is 8.07. The van der Waals surface area contributed by atoms with Crippen LogP contribution in [0.25, 0.3) is 0 Å². The van der Waals surface area contributed by atoms with Crippen LogP contribution in [0.5, 0.6) is 0 Å². The normalized spacial score (nSPS) is 23.8. The minimum Gasteiger partial charge on any atom is -0.311 e. The lowest BCUT2D eigenvalue weighted by atomic mass is 9.97. The molecule has 0 aliphatic carbocycles. The van der Waals surface area contributed by atoms with Crippen LogP contribution in [0.2, 0.25) is 0 Å². The van der Waals surface area contributed by atoms with E-state index in [9.17, 15) is 0 Å². The van der Waals surface area contributed by atoms with Gasteiger partial charge in [0.05, 0.1) is 5.69 Å². The van der Waals surface area contributed by atoms with Gasteiger partial charge in [-0.05, 0) is 12.0 Å². The van der Waals surface area contributed by atoms with Gasteiger partial charge in [0.1, 0.15) is 0 Å². The van der Waals surface area contributed by atoms with Gasteiger partial charge in [0.25, 0.3) is 0 Å². The van der Waals surface area contributed by atoms with E-state index in [1.807, 2.05) is 17.9 Å². The number of rotatable bonds is 4. The molecule has 1 aromatic rings. The number of nitrogens with one attached hydrogen (secondary N) is 1. The molecule has 0 aromatic carbocycles. The van der Waals surface area contributed by atoms with Crippen molar-refractivity contribution in [1.29, 1.82) is 0 Å². The number of aromatic nitrogens is 2. The molecule has 96 valence electrons. The molecule has 1 aromatic heterocycles. The Balaban J connectivity index is 1.89. The van der Waals surface area contributed by atoms with E-state index in [2.05, 4.69) is 35.2 Å². The average Bonchev–Trinajstić information content (AvgIpc) is 2.74. The van der Waals surface area contributed by atoms with E-state index in [4.69, 9.17) is 0 Å². The molecule has 2 heterocycles. The minimum atomic E-state index is 0.637. The molecule has 0 radical (unpaired) electrons. The van der Waals surface area contributed by atoms with Crippen molar-refractivity contribution >= 4 is 0 Å². The Morgan fingerprint density at radius 2 is 2.41 bits per heavy atom. The molecule has 0 saturated carbocycles. The van der Waals surface area contributed by atoms with Gasteiger partial charge < -0.3 is 5.32 Å². The Morgan fingerprint density at radius 3 is 3.06 bits per heavy atom. The number of piperazine rings is 1. The van der Waals surface area contributed by atoms with Crippen LogP contribution in [0.3, 0.4) is 0 Å². The van der Waals surface area contributed by atoms with E-state index in [1.54, 1.807) is 0 Å². The lowest BCUT2D eigenvalue weighted by Gasteiger charge is -2.36. The van der Waals surface area contributed by atoms with Gasteiger partial charge in [-0.2, -0.15) is 5.10 Å². The summed E-state index contributed by atoms with van der Waals surface area (Å²) in [7, 11) is 1.98. The van der Waals surface area contributed by atoms with Crippen LogP contribution in [-0.4, -0.2) is 40.4 Å². The van der Waals surface area contributed by atoms with Gasteiger partial charge in [-0.1, -0.05) is 20.3 Å². The van der Waals surface area contributed by atoms with Crippen molar-refractivity contribution in [1.82, 2.24) is 20.0 Å². The van der Waals surface area contributed by atoms with Crippen molar-refractivity contribution in [3.63, 3.8) is 0 Å². The third kappa shape index (κ3) is 3.30. The highest BCUT2D eigenvalue weighted by molar-refractivity contribution is 4.99. The highest BCUT2D eigenvalue weighted by Crippen LogP contribution is 2.13. The van der Waals surface area contributed by atoms with Gasteiger partial charge in [0.2, 0.25) is 0 Å². The molecule has 2 rings (SSSR count). The Kier molecular flexibility index (Phi) is 4.18. The molecule has 2 atom stereocenters. The fourth-order valence-corrected chi connectivity index (χ4v) is 2.43. The topological polar surface area (TPSA) is 33.1 Å². The molecular weight excluding hydrogens is 212 g/mol. The molecule has 0 spiro atoms. The maximum Gasteiger partial charge on any atom is 0.0764 e. The quantitative estimate of drug-likeness (QED) is 0.854. The van der Waals surface area contributed by atoms with Crippen LogP contribution >= 0.6 is 0 Å². The highest BCUT2D eigenvalue weighted by Gasteiger charge is 2.23. The SMILES string of the molecule is CCC(C)C1CN(Cc2ccn(C)n2)CCN1. The summed E-state index contributed by atoms with van der Waals surface area (Å²) >= 11 is 0. The highest BCUT2D eigenvalue weighted by atomic mass is 15.3. The van der Waals surface area contributed by atoms with Gasteiger partial charge in [-0.15, -0.1) is 0 Å². The van der Waals surface area contributed by atoms with Crippen LogP contribution in [0.1, 0.15) is 26.0 Å². The molecule has 1 fully saturated rings. The first-order valence-electron chi connectivity index (χ1n) is 6.63. The van der Waals surface area contributed by atoms with Crippen LogP contribution < -0.4 is 5.32 Å².